The summed E-state index contributed by atoms with van der Waals surface area (Å²) >= 11 is 0. The minimum Gasteiger partial charge on any atom is -0.481 e. The number of carboxylic acids is 1. The summed E-state index contributed by atoms with van der Waals surface area (Å²) in [6.07, 6.45) is -0.0121. The third-order valence-corrected chi connectivity index (χ3v) is 2.44. The summed E-state index contributed by atoms with van der Waals surface area (Å²) in [5, 5.41) is 8.61. The molecule has 1 aromatic rings. The first kappa shape index (κ1) is 11.4. The first-order valence-electron chi connectivity index (χ1n) is 5.29. The van der Waals surface area contributed by atoms with Gasteiger partial charge in [0.2, 0.25) is 0 Å². The molecule has 2 rings (SSSR count). The van der Waals surface area contributed by atoms with Gasteiger partial charge in [-0.25, -0.2) is 4.79 Å². The lowest BCUT2D eigenvalue weighted by atomic mass is 10.1. The van der Waals surface area contributed by atoms with Crippen molar-refractivity contribution < 1.29 is 24.2 Å². The Morgan fingerprint density at radius 3 is 2.65 bits per heavy atom. The monoisotopic (exact) mass is 236 g/mol. The van der Waals surface area contributed by atoms with Crippen LogP contribution < -0.4 is 4.74 Å². The van der Waals surface area contributed by atoms with Gasteiger partial charge in [-0.3, -0.25) is 4.79 Å². The smallest absolute Gasteiger partial charge is 0.347 e. The second-order valence-corrected chi connectivity index (χ2v) is 3.78. The lowest BCUT2D eigenvalue weighted by Gasteiger charge is -2.09. The van der Waals surface area contributed by atoms with E-state index in [1.165, 1.54) is 0 Å². The van der Waals surface area contributed by atoms with E-state index >= 15 is 0 Å². The van der Waals surface area contributed by atoms with Crippen molar-refractivity contribution in [3.63, 3.8) is 0 Å². The minimum absolute atomic E-state index is 0.0221. The first-order valence-corrected chi connectivity index (χ1v) is 5.29. The van der Waals surface area contributed by atoms with Crippen LogP contribution in [0.15, 0.2) is 24.3 Å². The van der Waals surface area contributed by atoms with Gasteiger partial charge < -0.3 is 14.6 Å². The number of hydrogen-bond acceptors (Lipinski definition) is 4. The lowest BCUT2D eigenvalue weighted by Crippen LogP contribution is -2.21. The van der Waals surface area contributed by atoms with Crippen LogP contribution in [0.2, 0.25) is 0 Å². The summed E-state index contributed by atoms with van der Waals surface area (Å²) in [7, 11) is 0. The summed E-state index contributed by atoms with van der Waals surface area (Å²) in [5.41, 5.74) is 0.693. The van der Waals surface area contributed by atoms with E-state index in [2.05, 4.69) is 0 Å². The molecule has 1 aliphatic heterocycles. The van der Waals surface area contributed by atoms with E-state index in [1.54, 1.807) is 24.3 Å². The molecule has 1 saturated heterocycles. The molecule has 0 spiro atoms. The molecule has 0 radical (unpaired) electrons. The number of benzene rings is 1. The van der Waals surface area contributed by atoms with Gasteiger partial charge in [0.1, 0.15) is 5.75 Å². The van der Waals surface area contributed by atoms with Crippen molar-refractivity contribution in [2.45, 2.75) is 18.9 Å². The van der Waals surface area contributed by atoms with E-state index in [0.717, 1.165) is 0 Å². The normalized spacial score (nSPS) is 18.8. The molecule has 5 nitrogen and oxygen atoms in total. The van der Waals surface area contributed by atoms with Crippen LogP contribution in [0.5, 0.6) is 5.75 Å². The fraction of sp³-hybridized carbons (Fsp3) is 0.333. The van der Waals surface area contributed by atoms with Crippen molar-refractivity contribution >= 4 is 11.9 Å². The number of ether oxygens (including phenoxy) is 2. The van der Waals surface area contributed by atoms with Crippen molar-refractivity contribution in [1.82, 2.24) is 0 Å². The number of hydrogen-bond donors (Lipinski definition) is 1. The zero-order chi connectivity index (χ0) is 12.3. The van der Waals surface area contributed by atoms with Gasteiger partial charge in [0.15, 0.2) is 6.10 Å². The number of esters is 1. The van der Waals surface area contributed by atoms with Crippen LogP contribution in [0, 0.1) is 0 Å². The molecule has 1 atom stereocenters. The molecule has 0 aliphatic carbocycles. The third kappa shape index (κ3) is 2.96. The predicted octanol–water partition coefficient (Wildman–Crippen LogP) is 1.01. The zero-order valence-electron chi connectivity index (χ0n) is 9.09. The van der Waals surface area contributed by atoms with Gasteiger partial charge in [-0.15, -0.1) is 0 Å². The van der Waals surface area contributed by atoms with E-state index in [0.29, 0.717) is 24.3 Å². The van der Waals surface area contributed by atoms with Gasteiger partial charge in [-0.05, 0) is 17.7 Å². The molecule has 1 unspecified atom stereocenters. The van der Waals surface area contributed by atoms with Crippen molar-refractivity contribution in [3.05, 3.63) is 29.8 Å². The SMILES string of the molecule is O=C(O)Cc1ccc(OC2CCOC2=O)cc1. The molecule has 0 amide bonds. The van der Waals surface area contributed by atoms with Crippen LogP contribution in [0.1, 0.15) is 12.0 Å². The van der Waals surface area contributed by atoms with Crippen LogP contribution in [0.3, 0.4) is 0 Å². The molecule has 0 saturated carbocycles. The van der Waals surface area contributed by atoms with E-state index in [1.807, 2.05) is 0 Å². The molecule has 90 valence electrons. The Balaban J connectivity index is 1.98. The zero-order valence-corrected chi connectivity index (χ0v) is 9.09. The summed E-state index contributed by atoms with van der Waals surface area (Å²) in [4.78, 5) is 21.6. The number of carbonyl (C=O) groups is 2. The second-order valence-electron chi connectivity index (χ2n) is 3.78. The number of cyclic esters (lactones) is 1. The molecule has 1 aromatic carbocycles. The number of carboxylic acid groups (broad SMARTS) is 1. The Morgan fingerprint density at radius 1 is 1.41 bits per heavy atom. The van der Waals surface area contributed by atoms with Crippen LogP contribution >= 0.6 is 0 Å². The predicted molar refractivity (Wildman–Crippen MR) is 57.8 cm³/mol. The van der Waals surface area contributed by atoms with Gasteiger partial charge in [0, 0.05) is 6.42 Å². The van der Waals surface area contributed by atoms with E-state index in [-0.39, 0.29) is 12.4 Å². The van der Waals surface area contributed by atoms with E-state index in [4.69, 9.17) is 14.6 Å². The Morgan fingerprint density at radius 2 is 2.12 bits per heavy atom. The van der Waals surface area contributed by atoms with Crippen LogP contribution in [-0.2, 0) is 20.7 Å². The van der Waals surface area contributed by atoms with E-state index in [9.17, 15) is 9.59 Å². The molecule has 0 aromatic heterocycles. The number of rotatable bonds is 4. The number of aliphatic carboxylic acids is 1. The largest absolute Gasteiger partial charge is 0.481 e. The minimum atomic E-state index is -0.877. The second kappa shape index (κ2) is 4.86. The number of carbonyl (C=O) groups excluding carboxylic acids is 1. The van der Waals surface area contributed by atoms with Crippen LogP contribution in [0.25, 0.3) is 0 Å². The highest BCUT2D eigenvalue weighted by Crippen LogP contribution is 2.18. The van der Waals surface area contributed by atoms with Crippen molar-refractivity contribution in [3.8, 4) is 5.75 Å². The maximum atomic E-state index is 11.2. The maximum absolute atomic E-state index is 11.2. The Kier molecular flexibility index (Phi) is 3.27. The highest BCUT2D eigenvalue weighted by atomic mass is 16.6. The first-order chi connectivity index (χ1) is 8.15. The molecule has 1 aliphatic rings. The molecule has 0 bridgehead atoms. The summed E-state index contributed by atoms with van der Waals surface area (Å²) in [6.45, 7) is 0.389. The van der Waals surface area contributed by atoms with Crippen molar-refractivity contribution in [1.29, 1.82) is 0 Å². The fourth-order valence-corrected chi connectivity index (χ4v) is 1.61. The molecular weight excluding hydrogens is 224 g/mol. The van der Waals surface area contributed by atoms with Gasteiger partial charge in [0.25, 0.3) is 0 Å². The molecule has 5 heteroatoms. The molecule has 17 heavy (non-hydrogen) atoms. The lowest BCUT2D eigenvalue weighted by molar-refractivity contribution is -0.143. The quantitative estimate of drug-likeness (QED) is 0.790. The average Bonchev–Trinajstić information content (AvgIpc) is 2.67. The highest BCUT2D eigenvalue weighted by Gasteiger charge is 2.28. The summed E-state index contributed by atoms with van der Waals surface area (Å²) < 4.78 is 10.2. The summed E-state index contributed by atoms with van der Waals surface area (Å²) in [6, 6.07) is 6.65. The molecule has 1 N–H and O–H groups in total. The maximum Gasteiger partial charge on any atom is 0.347 e. The average molecular weight is 236 g/mol. The van der Waals surface area contributed by atoms with Crippen molar-refractivity contribution in [2.24, 2.45) is 0 Å². The van der Waals surface area contributed by atoms with E-state index < -0.39 is 12.1 Å². The summed E-state index contributed by atoms with van der Waals surface area (Å²) in [5.74, 6) is -0.680. The van der Waals surface area contributed by atoms with Crippen LogP contribution in [0.4, 0.5) is 0 Å². The van der Waals surface area contributed by atoms with Crippen molar-refractivity contribution in [2.75, 3.05) is 6.61 Å². The van der Waals surface area contributed by atoms with Gasteiger partial charge in [-0.1, -0.05) is 12.1 Å². The van der Waals surface area contributed by atoms with Gasteiger partial charge >= 0.3 is 11.9 Å². The fourth-order valence-electron chi connectivity index (χ4n) is 1.61. The standard InChI is InChI=1S/C12H12O5/c13-11(14)7-8-1-3-9(4-2-8)17-10-5-6-16-12(10)15/h1-4,10H,5-7H2,(H,13,14). The van der Waals surface area contributed by atoms with Crippen LogP contribution in [-0.4, -0.2) is 29.8 Å². The topological polar surface area (TPSA) is 72.8 Å². The molecule has 1 fully saturated rings. The molecule has 1 heterocycles. The highest BCUT2D eigenvalue weighted by molar-refractivity contribution is 5.76. The Hall–Kier alpha value is -2.04. The Labute approximate surface area is 98.0 Å². The Bertz CT molecular complexity index is 423. The molecular formula is C12H12O5. The third-order valence-electron chi connectivity index (χ3n) is 2.44. The van der Waals surface area contributed by atoms with Gasteiger partial charge in [-0.2, -0.15) is 0 Å². The van der Waals surface area contributed by atoms with Gasteiger partial charge in [0.05, 0.1) is 13.0 Å².